The summed E-state index contributed by atoms with van der Waals surface area (Å²) in [6.07, 6.45) is 7.95. The fraction of sp³-hybridized carbons (Fsp3) is 0.360. The number of nitrogens with zero attached hydrogens (tertiary/aromatic N) is 2. The molecular formula is C25H26ClN3OS. The molecule has 1 aliphatic heterocycles. The highest BCUT2D eigenvalue weighted by Gasteiger charge is 2.44. The number of pyridine rings is 1. The molecule has 3 aromatic rings. The van der Waals surface area contributed by atoms with Crippen LogP contribution >= 0.6 is 23.8 Å². The van der Waals surface area contributed by atoms with Crippen molar-refractivity contribution in [2.45, 2.75) is 57.2 Å². The van der Waals surface area contributed by atoms with Gasteiger partial charge in [0.1, 0.15) is 17.6 Å². The molecule has 5 rings (SSSR count). The van der Waals surface area contributed by atoms with Gasteiger partial charge in [0.05, 0.1) is 11.7 Å². The Balaban J connectivity index is 1.56. The predicted molar refractivity (Wildman–Crippen MR) is 128 cm³/mol. The maximum absolute atomic E-state index is 6.48. The van der Waals surface area contributed by atoms with Crippen LogP contribution in [0.5, 0.6) is 0 Å². The quantitative estimate of drug-likeness (QED) is 0.452. The molecule has 1 aliphatic carbocycles. The first-order valence-corrected chi connectivity index (χ1v) is 11.8. The predicted octanol–water partition coefficient (Wildman–Crippen LogP) is 6.61. The molecule has 160 valence electrons. The summed E-state index contributed by atoms with van der Waals surface area (Å²) in [5.41, 5.74) is 3.13. The molecule has 0 radical (unpaired) electrons. The Morgan fingerprint density at radius 2 is 1.94 bits per heavy atom. The third-order valence-corrected chi connectivity index (χ3v) is 7.05. The van der Waals surface area contributed by atoms with Gasteiger partial charge >= 0.3 is 0 Å². The number of furan rings is 1. The topological polar surface area (TPSA) is 41.3 Å². The Morgan fingerprint density at radius 3 is 2.71 bits per heavy atom. The smallest absolute Gasteiger partial charge is 0.170 e. The summed E-state index contributed by atoms with van der Waals surface area (Å²) in [5.74, 6) is 1.74. The molecule has 0 amide bonds. The molecule has 31 heavy (non-hydrogen) atoms. The number of hydrogen-bond donors (Lipinski definition) is 1. The fourth-order valence-electron chi connectivity index (χ4n) is 4.94. The Labute approximate surface area is 193 Å². The van der Waals surface area contributed by atoms with E-state index in [4.69, 9.17) is 28.2 Å². The van der Waals surface area contributed by atoms with Gasteiger partial charge in [-0.05, 0) is 73.9 Å². The van der Waals surface area contributed by atoms with Crippen molar-refractivity contribution < 1.29 is 4.42 Å². The van der Waals surface area contributed by atoms with Gasteiger partial charge in [0.2, 0.25) is 0 Å². The van der Waals surface area contributed by atoms with Gasteiger partial charge in [-0.3, -0.25) is 4.98 Å². The first kappa shape index (κ1) is 20.5. The minimum Gasteiger partial charge on any atom is -0.459 e. The standard InChI is InChI=1S/C25H26ClN3OS/c1-16-10-11-17(26)15-19(16)21-12-13-22(30-21)24-23(20-9-5-6-14-27-20)28-25(31)29(24)18-7-3-2-4-8-18/h5-6,9-15,18,23-24H,2-4,7-8H2,1H3,(H,28,31)/t23-,24-/m1/s1. The van der Waals surface area contributed by atoms with Gasteiger partial charge in [-0.15, -0.1) is 0 Å². The second-order valence-electron chi connectivity index (χ2n) is 8.49. The number of rotatable bonds is 4. The van der Waals surface area contributed by atoms with Crippen molar-refractivity contribution in [1.82, 2.24) is 15.2 Å². The summed E-state index contributed by atoms with van der Waals surface area (Å²) in [4.78, 5) is 7.01. The molecule has 2 aliphatic rings. The molecule has 0 unspecified atom stereocenters. The van der Waals surface area contributed by atoms with Crippen LogP contribution in [0.1, 0.15) is 61.2 Å². The minimum absolute atomic E-state index is 0.0289. The molecule has 1 N–H and O–H groups in total. The monoisotopic (exact) mass is 451 g/mol. The normalized spacial score (nSPS) is 22.0. The average Bonchev–Trinajstić information content (AvgIpc) is 3.41. The summed E-state index contributed by atoms with van der Waals surface area (Å²) in [6, 6.07) is 16.4. The van der Waals surface area contributed by atoms with E-state index in [2.05, 4.69) is 34.3 Å². The summed E-state index contributed by atoms with van der Waals surface area (Å²) in [7, 11) is 0. The number of aryl methyl sites for hydroxylation is 1. The summed E-state index contributed by atoms with van der Waals surface area (Å²) in [5, 5.41) is 5.05. The summed E-state index contributed by atoms with van der Waals surface area (Å²) in [6.45, 7) is 2.07. The first-order chi connectivity index (χ1) is 15.1. The molecule has 3 heterocycles. The lowest BCUT2D eigenvalue weighted by Gasteiger charge is -2.36. The lowest BCUT2D eigenvalue weighted by Crippen LogP contribution is -2.40. The van der Waals surface area contributed by atoms with Crippen LogP contribution in [0.25, 0.3) is 11.3 Å². The van der Waals surface area contributed by atoms with Gasteiger partial charge in [0.15, 0.2) is 5.11 Å². The van der Waals surface area contributed by atoms with Crippen LogP contribution in [0.15, 0.2) is 59.1 Å². The molecule has 1 saturated carbocycles. The molecule has 4 nitrogen and oxygen atoms in total. The Hall–Kier alpha value is -2.37. The second-order valence-corrected chi connectivity index (χ2v) is 9.31. The number of benzene rings is 1. The van der Waals surface area contributed by atoms with Crippen molar-refractivity contribution in [3.8, 4) is 11.3 Å². The van der Waals surface area contributed by atoms with Crippen molar-refractivity contribution in [3.05, 3.63) is 76.8 Å². The van der Waals surface area contributed by atoms with Crippen LogP contribution in [0.2, 0.25) is 5.02 Å². The zero-order chi connectivity index (χ0) is 21.4. The van der Waals surface area contributed by atoms with E-state index in [0.717, 1.165) is 46.3 Å². The third kappa shape index (κ3) is 3.97. The first-order valence-electron chi connectivity index (χ1n) is 11.0. The minimum atomic E-state index is -0.0462. The van der Waals surface area contributed by atoms with Crippen LogP contribution in [0.3, 0.4) is 0 Å². The Morgan fingerprint density at radius 1 is 1.10 bits per heavy atom. The second kappa shape index (κ2) is 8.64. The average molecular weight is 452 g/mol. The van der Waals surface area contributed by atoms with Crippen LogP contribution in [0, 0.1) is 6.92 Å². The van der Waals surface area contributed by atoms with E-state index in [1.807, 2.05) is 42.6 Å². The van der Waals surface area contributed by atoms with Crippen LogP contribution in [0.4, 0.5) is 0 Å². The molecule has 2 aromatic heterocycles. The van der Waals surface area contributed by atoms with Crippen molar-refractivity contribution in [1.29, 1.82) is 0 Å². The van der Waals surface area contributed by atoms with Crippen LogP contribution < -0.4 is 5.32 Å². The maximum atomic E-state index is 6.48. The number of hydrogen-bond acceptors (Lipinski definition) is 3. The zero-order valence-corrected chi connectivity index (χ0v) is 19.1. The van der Waals surface area contributed by atoms with Crippen LogP contribution in [-0.4, -0.2) is 21.0 Å². The van der Waals surface area contributed by atoms with E-state index in [1.165, 1.54) is 19.3 Å². The van der Waals surface area contributed by atoms with E-state index in [-0.39, 0.29) is 12.1 Å². The van der Waals surface area contributed by atoms with Gasteiger partial charge in [0.25, 0.3) is 0 Å². The zero-order valence-electron chi connectivity index (χ0n) is 17.6. The molecule has 0 bridgehead atoms. The van der Waals surface area contributed by atoms with E-state index in [9.17, 15) is 0 Å². The molecular weight excluding hydrogens is 426 g/mol. The van der Waals surface area contributed by atoms with Crippen molar-refractivity contribution in [2.75, 3.05) is 0 Å². The van der Waals surface area contributed by atoms with Crippen molar-refractivity contribution in [3.63, 3.8) is 0 Å². The summed E-state index contributed by atoms with van der Waals surface area (Å²) < 4.78 is 6.48. The van der Waals surface area contributed by atoms with E-state index < -0.39 is 0 Å². The Kier molecular flexibility index (Phi) is 5.72. The van der Waals surface area contributed by atoms with Gasteiger partial charge in [0, 0.05) is 22.8 Å². The molecule has 1 aromatic carbocycles. The lowest BCUT2D eigenvalue weighted by molar-refractivity contribution is 0.179. The molecule has 0 spiro atoms. The highest BCUT2D eigenvalue weighted by atomic mass is 35.5. The lowest BCUT2D eigenvalue weighted by atomic mass is 9.92. The van der Waals surface area contributed by atoms with Gasteiger partial charge in [-0.2, -0.15) is 0 Å². The van der Waals surface area contributed by atoms with Gasteiger partial charge < -0.3 is 14.6 Å². The fourth-order valence-corrected chi connectivity index (χ4v) is 5.50. The van der Waals surface area contributed by atoms with E-state index in [1.54, 1.807) is 0 Å². The molecule has 2 atom stereocenters. The summed E-state index contributed by atoms with van der Waals surface area (Å²) >= 11 is 12.1. The highest BCUT2D eigenvalue weighted by molar-refractivity contribution is 7.80. The molecule has 6 heteroatoms. The van der Waals surface area contributed by atoms with E-state index in [0.29, 0.717) is 11.1 Å². The molecule has 1 saturated heterocycles. The highest BCUT2D eigenvalue weighted by Crippen LogP contribution is 2.44. The Bertz CT molecular complexity index is 1080. The SMILES string of the molecule is Cc1ccc(Cl)cc1-c1ccc([C@@H]2[C@@H](c3ccccn3)NC(=S)N2C2CCCCC2)o1. The van der Waals surface area contributed by atoms with Gasteiger partial charge in [-0.25, -0.2) is 0 Å². The largest absolute Gasteiger partial charge is 0.459 e. The number of thiocarbonyl (C=S) groups is 1. The third-order valence-electron chi connectivity index (χ3n) is 6.49. The van der Waals surface area contributed by atoms with Crippen LogP contribution in [-0.2, 0) is 0 Å². The number of nitrogens with one attached hydrogen (secondary N) is 1. The van der Waals surface area contributed by atoms with Crippen molar-refractivity contribution >= 4 is 28.9 Å². The van der Waals surface area contributed by atoms with Gasteiger partial charge in [-0.1, -0.05) is 43.0 Å². The number of aromatic nitrogens is 1. The van der Waals surface area contributed by atoms with E-state index >= 15 is 0 Å². The van der Waals surface area contributed by atoms with Crippen molar-refractivity contribution in [2.24, 2.45) is 0 Å². The number of halogens is 1. The maximum Gasteiger partial charge on any atom is 0.170 e. The molecule has 2 fully saturated rings.